The summed E-state index contributed by atoms with van der Waals surface area (Å²) < 4.78 is 0. The topological polar surface area (TPSA) is 56.7 Å². The van der Waals surface area contributed by atoms with E-state index in [9.17, 15) is 4.79 Å². The number of nitrogens with one attached hydrogen (secondary N) is 2. The number of rotatable bonds is 5. The van der Waals surface area contributed by atoms with Gasteiger partial charge in [-0.05, 0) is 58.4 Å². The summed E-state index contributed by atoms with van der Waals surface area (Å²) in [6.45, 7) is 10.9. The monoisotopic (exact) mass is 486 g/mol. The Balaban J connectivity index is 0.00000364. The highest BCUT2D eigenvalue weighted by Crippen LogP contribution is 2.21. The number of amides is 1. The Morgan fingerprint density at radius 3 is 2.37 bits per heavy atom. The lowest BCUT2D eigenvalue weighted by Crippen LogP contribution is -2.48. The quantitative estimate of drug-likeness (QED) is 0.381. The fourth-order valence-corrected chi connectivity index (χ4v) is 3.24. The first-order valence-corrected chi connectivity index (χ1v) is 9.75. The van der Waals surface area contributed by atoms with E-state index in [4.69, 9.17) is 0 Å². The number of nitrogens with zero attached hydrogens (tertiary/aromatic N) is 2. The summed E-state index contributed by atoms with van der Waals surface area (Å²) in [4.78, 5) is 18.9. The van der Waals surface area contributed by atoms with Crippen molar-refractivity contribution in [3.63, 3.8) is 0 Å². The molecule has 27 heavy (non-hydrogen) atoms. The summed E-state index contributed by atoms with van der Waals surface area (Å²) in [5.74, 6) is 1.49. The van der Waals surface area contributed by atoms with Crippen LogP contribution in [0.5, 0.6) is 0 Å². The van der Waals surface area contributed by atoms with Gasteiger partial charge in [-0.3, -0.25) is 4.79 Å². The molecule has 0 saturated carbocycles. The Bertz CT molecular complexity index is 590. The number of aliphatic imine (C=N–C) groups is 1. The van der Waals surface area contributed by atoms with Gasteiger partial charge < -0.3 is 15.5 Å². The minimum atomic E-state index is -0.0835. The van der Waals surface area contributed by atoms with Gasteiger partial charge >= 0.3 is 0 Å². The normalized spacial score (nSPS) is 15.9. The summed E-state index contributed by atoms with van der Waals surface area (Å²) in [5, 5.41) is 6.52. The van der Waals surface area contributed by atoms with Crippen LogP contribution in [0.15, 0.2) is 35.3 Å². The third-order valence-corrected chi connectivity index (χ3v) is 4.54. The molecule has 6 heteroatoms. The van der Waals surface area contributed by atoms with E-state index in [-0.39, 0.29) is 42.0 Å². The summed E-state index contributed by atoms with van der Waals surface area (Å²) in [6.07, 6.45) is 3.26. The van der Waals surface area contributed by atoms with Crippen LogP contribution in [-0.2, 0) is 11.2 Å². The highest BCUT2D eigenvalue weighted by Gasteiger charge is 2.23. The molecule has 0 aromatic heterocycles. The van der Waals surface area contributed by atoms with E-state index in [1.165, 1.54) is 5.56 Å². The van der Waals surface area contributed by atoms with Gasteiger partial charge in [-0.15, -0.1) is 24.0 Å². The minimum absolute atomic E-state index is 0. The van der Waals surface area contributed by atoms with Crippen LogP contribution in [-0.4, -0.2) is 48.5 Å². The molecular weight excluding hydrogens is 451 g/mol. The van der Waals surface area contributed by atoms with Crippen molar-refractivity contribution < 1.29 is 4.79 Å². The minimum Gasteiger partial charge on any atom is -0.357 e. The number of carbonyl (C=O) groups is 1. The number of halogens is 1. The highest BCUT2D eigenvalue weighted by molar-refractivity contribution is 14.0. The smallest absolute Gasteiger partial charge is 0.244 e. The van der Waals surface area contributed by atoms with E-state index >= 15 is 0 Å². The molecule has 1 aliphatic heterocycles. The Labute approximate surface area is 181 Å². The first-order chi connectivity index (χ1) is 12.4. The number of hydrogen-bond donors (Lipinski definition) is 2. The van der Waals surface area contributed by atoms with Crippen LogP contribution in [0.4, 0.5) is 0 Å². The molecule has 1 fully saturated rings. The number of likely N-dealkylation sites (tertiary alicyclic amines) is 1. The maximum atomic E-state index is 12.5. The summed E-state index contributed by atoms with van der Waals surface area (Å²) in [7, 11) is 0. The number of piperidine rings is 1. The predicted octanol–water partition coefficient (Wildman–Crippen LogP) is 3.44. The third kappa shape index (κ3) is 8.95. The van der Waals surface area contributed by atoms with Gasteiger partial charge in [0, 0.05) is 25.2 Å². The molecule has 0 aliphatic carbocycles. The van der Waals surface area contributed by atoms with Crippen molar-refractivity contribution in [2.24, 2.45) is 10.9 Å². The molecule has 1 heterocycles. The van der Waals surface area contributed by atoms with Crippen molar-refractivity contribution in [2.75, 3.05) is 26.2 Å². The van der Waals surface area contributed by atoms with Crippen LogP contribution < -0.4 is 10.6 Å². The van der Waals surface area contributed by atoms with Gasteiger partial charge in [0.2, 0.25) is 5.91 Å². The maximum Gasteiger partial charge on any atom is 0.244 e. The SMILES string of the molecule is CCNC(=NCC(=O)N1CCC(Cc2ccccc2)CC1)NC(C)(C)C.I. The Kier molecular flexibility index (Phi) is 10.1. The Morgan fingerprint density at radius 2 is 1.81 bits per heavy atom. The van der Waals surface area contributed by atoms with Crippen molar-refractivity contribution >= 4 is 35.8 Å². The van der Waals surface area contributed by atoms with Crippen molar-refractivity contribution in [3.8, 4) is 0 Å². The number of benzene rings is 1. The molecule has 152 valence electrons. The van der Waals surface area contributed by atoms with E-state index < -0.39 is 0 Å². The standard InChI is InChI=1S/C21H34N4O.HI/c1-5-22-20(24-21(2,3)4)23-16-19(26)25-13-11-18(12-14-25)15-17-9-7-6-8-10-17;/h6-10,18H,5,11-16H2,1-4H3,(H2,22,23,24);1H. The average Bonchev–Trinajstić information content (AvgIpc) is 2.60. The van der Waals surface area contributed by atoms with Crippen molar-refractivity contribution in [3.05, 3.63) is 35.9 Å². The van der Waals surface area contributed by atoms with Crippen LogP contribution in [0.1, 0.15) is 46.1 Å². The molecule has 5 nitrogen and oxygen atoms in total. The fourth-order valence-electron chi connectivity index (χ4n) is 3.24. The summed E-state index contributed by atoms with van der Waals surface area (Å²) in [6, 6.07) is 10.6. The lowest BCUT2D eigenvalue weighted by atomic mass is 9.90. The van der Waals surface area contributed by atoms with Gasteiger partial charge in [0.15, 0.2) is 5.96 Å². The van der Waals surface area contributed by atoms with Crippen molar-refractivity contribution in [1.82, 2.24) is 15.5 Å². The van der Waals surface area contributed by atoms with Gasteiger partial charge in [-0.1, -0.05) is 30.3 Å². The molecule has 0 unspecified atom stereocenters. The highest BCUT2D eigenvalue weighted by atomic mass is 127. The molecule has 2 rings (SSSR count). The first-order valence-electron chi connectivity index (χ1n) is 9.75. The van der Waals surface area contributed by atoms with E-state index in [1.807, 2.05) is 11.8 Å². The second kappa shape index (κ2) is 11.5. The van der Waals surface area contributed by atoms with Gasteiger partial charge in [0.1, 0.15) is 6.54 Å². The van der Waals surface area contributed by atoms with E-state index in [2.05, 4.69) is 66.7 Å². The lowest BCUT2D eigenvalue weighted by Gasteiger charge is -2.32. The molecule has 1 aromatic rings. The molecule has 0 atom stereocenters. The second-order valence-corrected chi connectivity index (χ2v) is 8.08. The van der Waals surface area contributed by atoms with Crippen LogP contribution in [0, 0.1) is 5.92 Å². The zero-order valence-electron chi connectivity index (χ0n) is 17.1. The van der Waals surface area contributed by atoms with E-state index in [1.54, 1.807) is 0 Å². The molecule has 1 aromatic carbocycles. The zero-order chi connectivity index (χ0) is 19.0. The molecule has 0 spiro atoms. The maximum absolute atomic E-state index is 12.5. The lowest BCUT2D eigenvalue weighted by molar-refractivity contribution is -0.130. The summed E-state index contributed by atoms with van der Waals surface area (Å²) >= 11 is 0. The number of guanidine groups is 1. The van der Waals surface area contributed by atoms with Crippen molar-refractivity contribution in [1.29, 1.82) is 0 Å². The van der Waals surface area contributed by atoms with Crippen LogP contribution in [0.2, 0.25) is 0 Å². The molecule has 1 amide bonds. The third-order valence-electron chi connectivity index (χ3n) is 4.54. The first kappa shape index (κ1) is 23.7. The van der Waals surface area contributed by atoms with Crippen LogP contribution in [0.25, 0.3) is 0 Å². The number of carbonyl (C=O) groups excluding carboxylic acids is 1. The van der Waals surface area contributed by atoms with Gasteiger partial charge in [0.25, 0.3) is 0 Å². The van der Waals surface area contributed by atoms with Gasteiger partial charge in [-0.25, -0.2) is 4.99 Å². The molecular formula is C21H35IN4O. The molecule has 0 bridgehead atoms. The predicted molar refractivity (Wildman–Crippen MR) is 124 cm³/mol. The van der Waals surface area contributed by atoms with E-state index in [0.717, 1.165) is 38.9 Å². The Morgan fingerprint density at radius 1 is 1.19 bits per heavy atom. The molecule has 2 N–H and O–H groups in total. The number of hydrogen-bond acceptors (Lipinski definition) is 2. The second-order valence-electron chi connectivity index (χ2n) is 8.08. The van der Waals surface area contributed by atoms with Gasteiger partial charge in [-0.2, -0.15) is 0 Å². The van der Waals surface area contributed by atoms with Crippen LogP contribution >= 0.6 is 24.0 Å². The summed E-state index contributed by atoms with van der Waals surface area (Å²) in [5.41, 5.74) is 1.31. The molecule has 0 radical (unpaired) electrons. The fraction of sp³-hybridized carbons (Fsp3) is 0.619. The van der Waals surface area contributed by atoms with Crippen LogP contribution in [0.3, 0.4) is 0 Å². The largest absolute Gasteiger partial charge is 0.357 e. The average molecular weight is 486 g/mol. The molecule has 1 saturated heterocycles. The van der Waals surface area contributed by atoms with E-state index in [0.29, 0.717) is 11.9 Å². The molecule has 1 aliphatic rings. The zero-order valence-corrected chi connectivity index (χ0v) is 19.5. The van der Waals surface area contributed by atoms with Gasteiger partial charge in [0.05, 0.1) is 0 Å². The van der Waals surface area contributed by atoms with Crippen molar-refractivity contribution in [2.45, 2.75) is 52.5 Å². The Hall–Kier alpha value is -1.31.